The van der Waals surface area contributed by atoms with Crippen LogP contribution in [0.3, 0.4) is 0 Å². The van der Waals surface area contributed by atoms with Crippen LogP contribution in [0.15, 0.2) is 29.2 Å². The lowest BCUT2D eigenvalue weighted by Crippen LogP contribution is -2.00. The molecule has 0 saturated carbocycles. The van der Waals surface area contributed by atoms with E-state index in [0.717, 1.165) is 12.1 Å². The van der Waals surface area contributed by atoms with E-state index in [0.29, 0.717) is 5.56 Å². The first-order valence-electron chi connectivity index (χ1n) is 4.15. The van der Waals surface area contributed by atoms with E-state index in [4.69, 9.17) is 0 Å². The molecule has 1 rings (SSSR count). The molecule has 0 aliphatic carbocycles. The summed E-state index contributed by atoms with van der Waals surface area (Å²) in [5.74, 6) is -3.21. The summed E-state index contributed by atoms with van der Waals surface area (Å²) in [4.78, 5) is 10.7. The van der Waals surface area contributed by atoms with Gasteiger partial charge in [0.1, 0.15) is 0 Å². The Kier molecular flexibility index (Phi) is 4.03. The molecule has 16 heavy (non-hydrogen) atoms. The zero-order valence-electron chi connectivity index (χ0n) is 8.18. The highest BCUT2D eigenvalue weighted by Crippen LogP contribution is 2.28. The molecule has 0 atom stereocenters. The minimum absolute atomic E-state index is 0.217. The van der Waals surface area contributed by atoms with E-state index in [9.17, 15) is 22.0 Å². The first kappa shape index (κ1) is 13.1. The zero-order chi connectivity index (χ0) is 12.3. The molecule has 0 bridgehead atoms. The molecule has 0 aliphatic heterocycles. The molecule has 7 heteroatoms. The Hall–Kier alpha value is -0.950. The summed E-state index contributed by atoms with van der Waals surface area (Å²) in [6.07, 6.45) is 0. The van der Waals surface area contributed by atoms with Gasteiger partial charge in [-0.15, -0.1) is 0 Å². The highest BCUT2D eigenvalue weighted by atomic mass is 33.1. The first-order chi connectivity index (χ1) is 7.33. The fourth-order valence-electron chi connectivity index (χ4n) is 1.01. The van der Waals surface area contributed by atoms with Crippen molar-refractivity contribution < 1.29 is 22.0 Å². The van der Waals surface area contributed by atoms with Gasteiger partial charge in [0.15, 0.2) is 5.78 Å². The van der Waals surface area contributed by atoms with Crippen molar-refractivity contribution in [2.24, 2.45) is 0 Å². The number of halogens is 2. The van der Waals surface area contributed by atoms with Crippen LogP contribution >= 0.6 is 10.8 Å². The van der Waals surface area contributed by atoms with Crippen molar-refractivity contribution >= 4 is 25.4 Å². The number of carbonyl (C=O) groups is 1. The molecule has 0 saturated heterocycles. The summed E-state index contributed by atoms with van der Waals surface area (Å²) >= 11 is 0. The van der Waals surface area contributed by atoms with Crippen molar-refractivity contribution in [1.29, 1.82) is 0 Å². The van der Waals surface area contributed by atoms with Gasteiger partial charge in [0.05, 0.1) is 4.90 Å². The molecule has 0 amide bonds. The van der Waals surface area contributed by atoms with E-state index >= 15 is 0 Å². The topological polar surface area (TPSA) is 51.2 Å². The first-order valence-corrected chi connectivity index (χ1v) is 7.03. The molecule has 0 N–H and O–H groups in total. The fourth-order valence-corrected chi connectivity index (χ4v) is 3.02. The third-order valence-electron chi connectivity index (χ3n) is 1.75. The normalized spacial score (nSPS) is 11.8. The summed E-state index contributed by atoms with van der Waals surface area (Å²) in [6.45, 7) is 1.33. The fraction of sp³-hybridized carbons (Fsp3) is 0.222. The van der Waals surface area contributed by atoms with Crippen LogP contribution in [0.2, 0.25) is 0 Å². The Morgan fingerprint density at radius 2 is 1.75 bits per heavy atom. The molecule has 0 aromatic heterocycles. The van der Waals surface area contributed by atoms with E-state index in [1.165, 1.54) is 19.1 Å². The number of hydrogen-bond donors (Lipinski definition) is 0. The molecule has 1 aromatic rings. The summed E-state index contributed by atoms with van der Waals surface area (Å²) < 4.78 is 46.6. The predicted octanol–water partition coefficient (Wildman–Crippen LogP) is 2.53. The molecule has 88 valence electrons. The number of alkyl halides is 2. The standard InChI is InChI=1S/C9H8F2O3S2/c1-6(12)7-2-4-8(5-3-7)16(13,14)15-9(10)11/h2-5,9H,1H3. The maximum atomic E-state index is 12.0. The highest BCUT2D eigenvalue weighted by Gasteiger charge is 2.21. The van der Waals surface area contributed by atoms with Crippen LogP contribution in [0.4, 0.5) is 8.78 Å². The van der Waals surface area contributed by atoms with Crippen LogP contribution in [0.25, 0.3) is 0 Å². The van der Waals surface area contributed by atoms with Crippen molar-refractivity contribution in [3.05, 3.63) is 29.8 Å². The Morgan fingerprint density at radius 1 is 1.25 bits per heavy atom. The Labute approximate surface area is 95.2 Å². The van der Waals surface area contributed by atoms with Crippen molar-refractivity contribution in [2.45, 2.75) is 17.6 Å². The van der Waals surface area contributed by atoms with Gasteiger partial charge in [-0.2, -0.15) is 8.78 Å². The molecular formula is C9H8F2O3S2. The van der Waals surface area contributed by atoms with Gasteiger partial charge in [0.25, 0.3) is 5.76 Å². The second kappa shape index (κ2) is 4.92. The third-order valence-corrected chi connectivity index (χ3v) is 4.77. The summed E-state index contributed by atoms with van der Waals surface area (Å²) in [5, 5.41) is 0. The average Bonchev–Trinajstić information content (AvgIpc) is 2.16. The van der Waals surface area contributed by atoms with Crippen LogP contribution in [0, 0.1) is 0 Å². The molecule has 0 fully saturated rings. The van der Waals surface area contributed by atoms with E-state index in [1.807, 2.05) is 0 Å². The van der Waals surface area contributed by atoms with E-state index in [2.05, 4.69) is 0 Å². The van der Waals surface area contributed by atoms with E-state index < -0.39 is 25.4 Å². The average molecular weight is 266 g/mol. The lowest BCUT2D eigenvalue weighted by atomic mass is 10.2. The van der Waals surface area contributed by atoms with Crippen LogP contribution in [0.1, 0.15) is 17.3 Å². The molecule has 0 aliphatic rings. The second-order valence-electron chi connectivity index (χ2n) is 2.89. The number of carbonyl (C=O) groups excluding carboxylic acids is 1. The van der Waals surface area contributed by atoms with Gasteiger partial charge in [-0.1, -0.05) is 12.1 Å². The minimum atomic E-state index is -4.05. The number of hydrogen-bond acceptors (Lipinski definition) is 4. The zero-order valence-corrected chi connectivity index (χ0v) is 9.82. The summed E-state index contributed by atoms with van der Waals surface area (Å²) in [5.41, 5.74) is 0.334. The van der Waals surface area contributed by atoms with Crippen molar-refractivity contribution in [3.63, 3.8) is 0 Å². The number of ketones is 1. The lowest BCUT2D eigenvalue weighted by Gasteiger charge is -2.03. The monoisotopic (exact) mass is 266 g/mol. The van der Waals surface area contributed by atoms with Gasteiger partial charge in [-0.25, -0.2) is 8.42 Å². The second-order valence-corrected chi connectivity index (χ2v) is 6.71. The lowest BCUT2D eigenvalue weighted by molar-refractivity contribution is 0.101. The van der Waals surface area contributed by atoms with Gasteiger partial charge in [0.2, 0.25) is 8.87 Å². The van der Waals surface area contributed by atoms with Crippen LogP contribution in [0.5, 0.6) is 0 Å². The Balaban J connectivity index is 3.02. The number of Topliss-reactive ketones (excluding diaryl/α,β-unsaturated/α-hetero) is 1. The van der Waals surface area contributed by atoms with E-state index in [1.54, 1.807) is 0 Å². The van der Waals surface area contributed by atoms with Gasteiger partial charge < -0.3 is 0 Å². The van der Waals surface area contributed by atoms with E-state index in [-0.39, 0.29) is 10.7 Å². The summed E-state index contributed by atoms with van der Waals surface area (Å²) in [7, 11) is -4.47. The van der Waals surface area contributed by atoms with Gasteiger partial charge >= 0.3 is 0 Å². The highest BCUT2D eigenvalue weighted by molar-refractivity contribution is 8.72. The molecule has 0 heterocycles. The summed E-state index contributed by atoms with van der Waals surface area (Å²) in [6, 6.07) is 4.87. The van der Waals surface area contributed by atoms with Crippen LogP contribution in [-0.2, 0) is 8.87 Å². The molecule has 1 aromatic carbocycles. The molecule has 0 unspecified atom stereocenters. The molecule has 3 nitrogen and oxygen atoms in total. The van der Waals surface area contributed by atoms with Crippen LogP contribution < -0.4 is 0 Å². The van der Waals surface area contributed by atoms with Gasteiger partial charge in [-0.05, 0) is 19.1 Å². The van der Waals surface area contributed by atoms with Crippen molar-refractivity contribution in [3.8, 4) is 0 Å². The van der Waals surface area contributed by atoms with Gasteiger partial charge in [0, 0.05) is 16.4 Å². The molecular weight excluding hydrogens is 258 g/mol. The molecule has 0 spiro atoms. The SMILES string of the molecule is CC(=O)c1ccc(S(=O)(=O)SC(F)F)cc1. The Bertz CT molecular complexity index is 480. The molecule has 0 radical (unpaired) electrons. The van der Waals surface area contributed by atoms with Crippen molar-refractivity contribution in [1.82, 2.24) is 0 Å². The van der Waals surface area contributed by atoms with Crippen LogP contribution in [-0.4, -0.2) is 20.0 Å². The van der Waals surface area contributed by atoms with Crippen molar-refractivity contribution in [2.75, 3.05) is 0 Å². The largest absolute Gasteiger partial charge is 0.298 e. The number of rotatable bonds is 4. The van der Waals surface area contributed by atoms with Gasteiger partial charge in [-0.3, -0.25) is 4.79 Å². The number of benzene rings is 1. The smallest absolute Gasteiger partial charge is 0.295 e. The maximum absolute atomic E-state index is 12.0. The maximum Gasteiger partial charge on any atom is 0.298 e. The minimum Gasteiger partial charge on any atom is -0.295 e. The third kappa shape index (κ3) is 3.28. The quantitative estimate of drug-likeness (QED) is 0.620. The Morgan fingerprint density at radius 3 is 2.12 bits per heavy atom. The predicted molar refractivity (Wildman–Crippen MR) is 57.2 cm³/mol.